The van der Waals surface area contributed by atoms with Crippen molar-refractivity contribution < 1.29 is 4.79 Å². The Bertz CT molecular complexity index is 569. The lowest BCUT2D eigenvalue weighted by atomic mass is 10.1. The number of nitrogens with one attached hydrogen (secondary N) is 1. The predicted octanol–water partition coefficient (Wildman–Crippen LogP) is 1.22. The van der Waals surface area contributed by atoms with Gasteiger partial charge in [0.25, 0.3) is 5.91 Å². The highest BCUT2D eigenvalue weighted by molar-refractivity contribution is 5.99. The van der Waals surface area contributed by atoms with Crippen LogP contribution in [0.3, 0.4) is 0 Å². The van der Waals surface area contributed by atoms with Crippen LogP contribution in [0.5, 0.6) is 0 Å². The van der Waals surface area contributed by atoms with E-state index in [1.54, 1.807) is 30.6 Å². The molecule has 19 heavy (non-hydrogen) atoms. The molecule has 1 amide bonds. The first-order valence-corrected chi connectivity index (χ1v) is 5.99. The lowest BCUT2D eigenvalue weighted by Gasteiger charge is -2.08. The highest BCUT2D eigenvalue weighted by Crippen LogP contribution is 2.15. The first kappa shape index (κ1) is 12.9. The van der Waals surface area contributed by atoms with Gasteiger partial charge >= 0.3 is 0 Å². The van der Waals surface area contributed by atoms with Crippen LogP contribution in [0.1, 0.15) is 15.9 Å². The second-order valence-electron chi connectivity index (χ2n) is 4.21. The fourth-order valence-electron chi connectivity index (χ4n) is 1.75. The molecule has 5 heteroatoms. The SMILES string of the molecule is Nc1ccc(C(=O)NCCc2cccnc2)c(N)c1. The molecule has 0 saturated carbocycles. The Morgan fingerprint density at radius 3 is 2.79 bits per heavy atom. The second-order valence-corrected chi connectivity index (χ2v) is 4.21. The van der Waals surface area contributed by atoms with Gasteiger partial charge in [-0.15, -0.1) is 0 Å². The van der Waals surface area contributed by atoms with Gasteiger partial charge in [0.1, 0.15) is 0 Å². The molecule has 5 nitrogen and oxygen atoms in total. The van der Waals surface area contributed by atoms with Crippen LogP contribution in [0.25, 0.3) is 0 Å². The normalized spacial score (nSPS) is 10.1. The van der Waals surface area contributed by atoms with E-state index < -0.39 is 0 Å². The van der Waals surface area contributed by atoms with Crippen molar-refractivity contribution in [3.8, 4) is 0 Å². The minimum atomic E-state index is -0.193. The van der Waals surface area contributed by atoms with Gasteiger partial charge in [0.15, 0.2) is 0 Å². The summed E-state index contributed by atoms with van der Waals surface area (Å²) in [4.78, 5) is 15.9. The number of aromatic nitrogens is 1. The fraction of sp³-hybridized carbons (Fsp3) is 0.143. The molecule has 2 aromatic rings. The van der Waals surface area contributed by atoms with E-state index in [1.165, 1.54) is 0 Å². The number of nitrogen functional groups attached to an aromatic ring is 2. The highest BCUT2D eigenvalue weighted by Gasteiger charge is 2.08. The van der Waals surface area contributed by atoms with Crippen LogP contribution in [0, 0.1) is 0 Å². The van der Waals surface area contributed by atoms with Crippen LogP contribution >= 0.6 is 0 Å². The summed E-state index contributed by atoms with van der Waals surface area (Å²) in [7, 11) is 0. The van der Waals surface area contributed by atoms with Gasteiger partial charge < -0.3 is 16.8 Å². The summed E-state index contributed by atoms with van der Waals surface area (Å²) < 4.78 is 0. The third kappa shape index (κ3) is 3.45. The number of hydrogen-bond donors (Lipinski definition) is 3. The van der Waals surface area contributed by atoms with E-state index in [0.29, 0.717) is 23.5 Å². The number of pyridine rings is 1. The number of benzene rings is 1. The molecule has 1 aromatic carbocycles. The zero-order valence-electron chi connectivity index (χ0n) is 10.5. The number of nitrogens with zero attached hydrogens (tertiary/aromatic N) is 1. The standard InChI is InChI=1S/C14H16N4O/c15-11-3-4-12(13(16)8-11)14(19)18-7-5-10-2-1-6-17-9-10/h1-4,6,8-9H,5,7,15-16H2,(H,18,19). The summed E-state index contributed by atoms with van der Waals surface area (Å²) in [6.45, 7) is 0.536. The fourth-order valence-corrected chi connectivity index (χ4v) is 1.75. The number of carbonyl (C=O) groups excluding carboxylic acids is 1. The molecule has 0 aliphatic rings. The number of hydrogen-bond acceptors (Lipinski definition) is 4. The Hall–Kier alpha value is -2.56. The molecule has 0 bridgehead atoms. The van der Waals surface area contributed by atoms with Crippen molar-refractivity contribution in [2.45, 2.75) is 6.42 Å². The van der Waals surface area contributed by atoms with Crippen LogP contribution in [0.15, 0.2) is 42.7 Å². The van der Waals surface area contributed by atoms with E-state index in [1.807, 2.05) is 12.1 Å². The van der Waals surface area contributed by atoms with E-state index in [9.17, 15) is 4.79 Å². The van der Waals surface area contributed by atoms with Crippen LogP contribution in [0.4, 0.5) is 11.4 Å². The maximum absolute atomic E-state index is 11.9. The molecule has 5 N–H and O–H groups in total. The summed E-state index contributed by atoms with van der Waals surface area (Å²) in [6.07, 6.45) is 4.23. The lowest BCUT2D eigenvalue weighted by molar-refractivity contribution is 0.0955. The predicted molar refractivity (Wildman–Crippen MR) is 75.5 cm³/mol. The van der Waals surface area contributed by atoms with Gasteiger partial charge in [-0.2, -0.15) is 0 Å². The van der Waals surface area contributed by atoms with Crippen LogP contribution < -0.4 is 16.8 Å². The molecule has 98 valence electrons. The zero-order chi connectivity index (χ0) is 13.7. The molecule has 0 radical (unpaired) electrons. The zero-order valence-corrected chi connectivity index (χ0v) is 10.5. The molecule has 0 fully saturated rings. The van der Waals surface area contributed by atoms with Crippen LogP contribution in [-0.2, 0) is 6.42 Å². The van der Waals surface area contributed by atoms with E-state index in [0.717, 1.165) is 12.0 Å². The molecule has 0 atom stereocenters. The Labute approximate surface area is 111 Å². The van der Waals surface area contributed by atoms with Gasteiger partial charge in [0.05, 0.1) is 5.56 Å². The number of amides is 1. The second kappa shape index (κ2) is 5.86. The number of anilines is 2. The van der Waals surface area contributed by atoms with Gasteiger partial charge in [0.2, 0.25) is 0 Å². The highest BCUT2D eigenvalue weighted by atomic mass is 16.1. The van der Waals surface area contributed by atoms with Gasteiger partial charge in [-0.1, -0.05) is 6.07 Å². The molecule has 0 unspecified atom stereocenters. The molecular weight excluding hydrogens is 240 g/mol. The average Bonchev–Trinajstić information content (AvgIpc) is 2.39. The number of rotatable bonds is 4. The minimum Gasteiger partial charge on any atom is -0.399 e. The van der Waals surface area contributed by atoms with Gasteiger partial charge in [0, 0.05) is 30.3 Å². The number of nitrogens with two attached hydrogens (primary N) is 2. The van der Waals surface area contributed by atoms with Crippen molar-refractivity contribution in [3.05, 3.63) is 53.9 Å². The molecule has 1 aromatic heterocycles. The van der Waals surface area contributed by atoms with Crippen molar-refractivity contribution in [1.82, 2.24) is 10.3 Å². The molecular formula is C14H16N4O. The molecule has 0 saturated heterocycles. The lowest BCUT2D eigenvalue weighted by Crippen LogP contribution is -2.26. The summed E-state index contributed by atoms with van der Waals surface area (Å²) >= 11 is 0. The topological polar surface area (TPSA) is 94.0 Å². The van der Waals surface area contributed by atoms with Crippen LogP contribution in [0.2, 0.25) is 0 Å². The largest absolute Gasteiger partial charge is 0.399 e. The summed E-state index contributed by atoms with van der Waals surface area (Å²) in [5.74, 6) is -0.193. The molecule has 0 aliphatic carbocycles. The summed E-state index contributed by atoms with van der Waals surface area (Å²) in [5.41, 5.74) is 13.8. The first-order valence-electron chi connectivity index (χ1n) is 5.99. The minimum absolute atomic E-state index is 0.193. The third-order valence-electron chi connectivity index (χ3n) is 2.74. The Morgan fingerprint density at radius 2 is 2.11 bits per heavy atom. The van der Waals surface area contributed by atoms with Gasteiger partial charge in [-0.25, -0.2) is 0 Å². The van der Waals surface area contributed by atoms with Crippen molar-refractivity contribution in [1.29, 1.82) is 0 Å². The molecule has 0 spiro atoms. The number of carbonyl (C=O) groups is 1. The van der Waals surface area contributed by atoms with E-state index in [-0.39, 0.29) is 5.91 Å². The van der Waals surface area contributed by atoms with Crippen molar-refractivity contribution in [2.24, 2.45) is 0 Å². The van der Waals surface area contributed by atoms with E-state index in [4.69, 9.17) is 11.5 Å². The Balaban J connectivity index is 1.91. The Kier molecular flexibility index (Phi) is 3.97. The quantitative estimate of drug-likeness (QED) is 0.717. The van der Waals surface area contributed by atoms with E-state index >= 15 is 0 Å². The van der Waals surface area contributed by atoms with Crippen molar-refractivity contribution in [2.75, 3.05) is 18.0 Å². The first-order chi connectivity index (χ1) is 9.16. The van der Waals surface area contributed by atoms with Gasteiger partial charge in [-0.3, -0.25) is 9.78 Å². The Morgan fingerprint density at radius 1 is 1.26 bits per heavy atom. The van der Waals surface area contributed by atoms with Gasteiger partial charge in [-0.05, 0) is 36.2 Å². The van der Waals surface area contributed by atoms with Crippen molar-refractivity contribution in [3.63, 3.8) is 0 Å². The summed E-state index contributed by atoms with van der Waals surface area (Å²) in [5, 5.41) is 2.82. The van der Waals surface area contributed by atoms with Crippen molar-refractivity contribution >= 4 is 17.3 Å². The van der Waals surface area contributed by atoms with E-state index in [2.05, 4.69) is 10.3 Å². The summed E-state index contributed by atoms with van der Waals surface area (Å²) in [6, 6.07) is 8.71. The maximum atomic E-state index is 11.9. The molecule has 1 heterocycles. The smallest absolute Gasteiger partial charge is 0.253 e. The third-order valence-corrected chi connectivity index (χ3v) is 2.74. The van der Waals surface area contributed by atoms with Crippen LogP contribution in [-0.4, -0.2) is 17.4 Å². The maximum Gasteiger partial charge on any atom is 0.253 e. The molecule has 2 rings (SSSR count). The molecule has 0 aliphatic heterocycles. The average molecular weight is 256 g/mol. The monoisotopic (exact) mass is 256 g/mol.